The van der Waals surface area contributed by atoms with Crippen LogP contribution in [0, 0.1) is 17.8 Å². The third-order valence-corrected chi connectivity index (χ3v) is 5.65. The van der Waals surface area contributed by atoms with Gasteiger partial charge in [0.2, 0.25) is 0 Å². The van der Waals surface area contributed by atoms with Gasteiger partial charge in [0.15, 0.2) is 28.9 Å². The lowest BCUT2D eigenvalue weighted by Crippen LogP contribution is -2.51. The van der Waals surface area contributed by atoms with Crippen LogP contribution in [-0.2, 0) is 9.47 Å². The summed E-state index contributed by atoms with van der Waals surface area (Å²) >= 11 is 0. The predicted octanol–water partition coefficient (Wildman–Crippen LogP) is 2.92. The Morgan fingerprint density at radius 3 is 2.56 bits per heavy atom. The highest BCUT2D eigenvalue weighted by Gasteiger charge is 2.51. The molecule has 1 heterocycles. The predicted molar refractivity (Wildman–Crippen MR) is 96.3 cm³/mol. The molecule has 0 radical (unpaired) electrons. The van der Waals surface area contributed by atoms with Crippen molar-refractivity contribution in [1.29, 1.82) is 0 Å². The fourth-order valence-electron chi connectivity index (χ4n) is 3.70. The summed E-state index contributed by atoms with van der Waals surface area (Å²) in [6.45, 7) is 6.41. The molecule has 1 fully saturated rings. The van der Waals surface area contributed by atoms with E-state index in [1.165, 1.54) is 7.11 Å². The molecule has 27 heavy (non-hydrogen) atoms. The van der Waals surface area contributed by atoms with Crippen LogP contribution in [0.1, 0.15) is 54.3 Å². The molecule has 0 bridgehead atoms. The van der Waals surface area contributed by atoms with Crippen molar-refractivity contribution in [3.8, 4) is 17.2 Å². The number of ether oxygens (including phenoxy) is 3. The molecule has 0 spiro atoms. The Hall–Kier alpha value is -2.12. The summed E-state index contributed by atoms with van der Waals surface area (Å²) < 4.78 is 16.7. The fourth-order valence-corrected chi connectivity index (χ4v) is 3.70. The molecule has 1 aromatic carbocycles. The van der Waals surface area contributed by atoms with Crippen LogP contribution in [0.25, 0.3) is 0 Å². The first-order valence-corrected chi connectivity index (χ1v) is 9.21. The van der Waals surface area contributed by atoms with Crippen LogP contribution in [0.15, 0.2) is 6.07 Å². The second-order valence-electron chi connectivity index (χ2n) is 7.61. The molecule has 0 aromatic heterocycles. The van der Waals surface area contributed by atoms with Crippen LogP contribution in [0.2, 0.25) is 0 Å². The highest BCUT2D eigenvalue weighted by atomic mass is 16.7. The lowest BCUT2D eigenvalue weighted by molar-refractivity contribution is -0.261. The zero-order chi connectivity index (χ0) is 19.9. The van der Waals surface area contributed by atoms with Crippen molar-refractivity contribution in [1.82, 2.24) is 0 Å². The van der Waals surface area contributed by atoms with Crippen LogP contribution in [0.5, 0.6) is 17.2 Å². The van der Waals surface area contributed by atoms with E-state index in [0.717, 1.165) is 12.5 Å². The van der Waals surface area contributed by atoms with Gasteiger partial charge in [-0.15, -0.1) is 0 Å². The van der Waals surface area contributed by atoms with Gasteiger partial charge in [0.1, 0.15) is 5.75 Å². The van der Waals surface area contributed by atoms with E-state index in [-0.39, 0.29) is 35.7 Å². The van der Waals surface area contributed by atoms with Gasteiger partial charge in [-0.25, -0.2) is 0 Å². The Labute approximate surface area is 158 Å². The summed E-state index contributed by atoms with van der Waals surface area (Å²) in [5.74, 6) is -3.67. The lowest BCUT2D eigenvalue weighted by Gasteiger charge is -2.43. The summed E-state index contributed by atoms with van der Waals surface area (Å²) in [5.41, 5.74) is -0.337. The number of methoxy groups -OCH3 is 1. The third kappa shape index (κ3) is 3.30. The molecule has 1 saturated heterocycles. The number of carbonyl (C=O) groups excluding carboxylic acids is 2. The van der Waals surface area contributed by atoms with Gasteiger partial charge >= 0.3 is 0 Å². The molecule has 2 aliphatic rings. The van der Waals surface area contributed by atoms with Crippen LogP contribution in [-0.4, -0.2) is 47.9 Å². The number of phenols is 2. The second-order valence-corrected chi connectivity index (χ2v) is 7.61. The number of carbonyl (C=O) groups is 2. The molecule has 1 aliphatic carbocycles. The quantitative estimate of drug-likeness (QED) is 0.760. The summed E-state index contributed by atoms with van der Waals surface area (Å²) in [6, 6.07) is 1.14. The van der Waals surface area contributed by atoms with E-state index >= 15 is 0 Å². The van der Waals surface area contributed by atoms with E-state index in [1.807, 2.05) is 0 Å². The van der Waals surface area contributed by atoms with E-state index in [4.69, 9.17) is 14.2 Å². The van der Waals surface area contributed by atoms with Crippen molar-refractivity contribution in [2.45, 2.75) is 39.4 Å². The first-order chi connectivity index (χ1) is 12.7. The number of rotatable bonds is 5. The molecule has 148 valence electrons. The molecular weight excluding hydrogens is 352 g/mol. The van der Waals surface area contributed by atoms with Gasteiger partial charge in [0, 0.05) is 18.4 Å². The first kappa shape index (κ1) is 19.6. The molecular formula is C20H26O7. The SMILES string of the molecule is CC[C@H](C)CO[C@@]1(C)C[C@H]2C(=O)c3c(O)c(OC)cc(O)c3C(=O)[C@@H]2CO1. The standard InChI is InChI=1S/C20H26O7/c1-5-10(2)8-26-20(3)7-11-12(9-27-20)18(23)15-13(21)6-14(25-4)19(24)16(15)17(11)22/h6,10-12,21,24H,5,7-9H2,1-4H3/t10-,11+,12+,20+/m0/s1. The molecule has 0 unspecified atom stereocenters. The molecule has 0 amide bonds. The molecule has 3 rings (SSSR count). The van der Waals surface area contributed by atoms with Gasteiger partial charge < -0.3 is 24.4 Å². The zero-order valence-electron chi connectivity index (χ0n) is 16.1. The van der Waals surface area contributed by atoms with Gasteiger partial charge in [-0.05, 0) is 12.8 Å². The van der Waals surface area contributed by atoms with Crippen LogP contribution < -0.4 is 4.74 Å². The van der Waals surface area contributed by atoms with Crippen molar-refractivity contribution in [3.05, 3.63) is 17.2 Å². The highest BCUT2D eigenvalue weighted by molar-refractivity contribution is 6.19. The van der Waals surface area contributed by atoms with Crippen molar-refractivity contribution < 1.29 is 34.0 Å². The van der Waals surface area contributed by atoms with Crippen molar-refractivity contribution in [2.75, 3.05) is 20.3 Å². The number of ketones is 2. The molecule has 7 heteroatoms. The van der Waals surface area contributed by atoms with E-state index in [9.17, 15) is 19.8 Å². The maximum atomic E-state index is 13.1. The Morgan fingerprint density at radius 1 is 1.26 bits per heavy atom. The smallest absolute Gasteiger partial charge is 0.173 e. The van der Waals surface area contributed by atoms with E-state index in [2.05, 4.69) is 13.8 Å². The fraction of sp³-hybridized carbons (Fsp3) is 0.600. The monoisotopic (exact) mass is 378 g/mol. The number of aromatic hydroxyl groups is 2. The van der Waals surface area contributed by atoms with Gasteiger partial charge in [0.25, 0.3) is 0 Å². The Balaban J connectivity index is 1.95. The zero-order valence-corrected chi connectivity index (χ0v) is 16.1. The first-order valence-electron chi connectivity index (χ1n) is 9.21. The molecule has 0 saturated carbocycles. The molecule has 1 aliphatic heterocycles. The average Bonchev–Trinajstić information content (AvgIpc) is 2.65. The highest BCUT2D eigenvalue weighted by Crippen LogP contribution is 2.48. The van der Waals surface area contributed by atoms with Crippen LogP contribution in [0.4, 0.5) is 0 Å². The van der Waals surface area contributed by atoms with Crippen molar-refractivity contribution >= 4 is 11.6 Å². The van der Waals surface area contributed by atoms with Crippen LogP contribution >= 0.6 is 0 Å². The lowest BCUT2D eigenvalue weighted by atomic mass is 9.70. The number of hydrogen-bond donors (Lipinski definition) is 2. The summed E-state index contributed by atoms with van der Waals surface area (Å²) in [5, 5.41) is 20.6. The number of Topliss-reactive ketones (excluding diaryl/α,β-unsaturated/α-hetero) is 2. The Kier molecular flexibility index (Phi) is 5.18. The van der Waals surface area contributed by atoms with Gasteiger partial charge in [0.05, 0.1) is 37.4 Å². The third-order valence-electron chi connectivity index (χ3n) is 5.65. The largest absolute Gasteiger partial charge is 0.507 e. The number of phenolic OH excluding ortho intramolecular Hbond substituents is 2. The minimum atomic E-state index is -0.978. The Bertz CT molecular complexity index is 772. The summed E-state index contributed by atoms with van der Waals surface area (Å²) in [6.07, 6.45) is 1.16. The average molecular weight is 378 g/mol. The minimum absolute atomic E-state index is 0.0257. The minimum Gasteiger partial charge on any atom is -0.507 e. The maximum Gasteiger partial charge on any atom is 0.173 e. The van der Waals surface area contributed by atoms with Gasteiger partial charge in [-0.3, -0.25) is 9.59 Å². The maximum absolute atomic E-state index is 13.1. The van der Waals surface area contributed by atoms with E-state index < -0.39 is 34.9 Å². The molecule has 4 atom stereocenters. The number of benzene rings is 1. The van der Waals surface area contributed by atoms with Crippen LogP contribution in [0.3, 0.4) is 0 Å². The number of hydrogen-bond acceptors (Lipinski definition) is 7. The molecule has 7 nitrogen and oxygen atoms in total. The van der Waals surface area contributed by atoms with E-state index in [1.54, 1.807) is 6.92 Å². The van der Waals surface area contributed by atoms with Gasteiger partial charge in [-0.2, -0.15) is 0 Å². The Morgan fingerprint density at radius 2 is 1.93 bits per heavy atom. The van der Waals surface area contributed by atoms with Gasteiger partial charge in [-0.1, -0.05) is 20.3 Å². The van der Waals surface area contributed by atoms with E-state index in [0.29, 0.717) is 12.5 Å². The summed E-state index contributed by atoms with van der Waals surface area (Å²) in [4.78, 5) is 26.0. The normalized spacial score (nSPS) is 28.4. The second kappa shape index (κ2) is 7.13. The molecule has 1 aromatic rings. The summed E-state index contributed by atoms with van der Waals surface area (Å²) in [7, 11) is 1.31. The number of fused-ring (bicyclic) bond motifs is 2. The van der Waals surface area contributed by atoms with Crippen molar-refractivity contribution in [2.24, 2.45) is 17.8 Å². The van der Waals surface area contributed by atoms with Crippen molar-refractivity contribution in [3.63, 3.8) is 0 Å². The molecule has 2 N–H and O–H groups in total. The topological polar surface area (TPSA) is 102 Å².